The van der Waals surface area contributed by atoms with Crippen LogP contribution in [0.25, 0.3) is 11.2 Å². The van der Waals surface area contributed by atoms with Crippen LogP contribution >= 0.6 is 11.5 Å². The lowest BCUT2D eigenvalue weighted by Crippen LogP contribution is -2.17. The maximum atomic E-state index is 5.08. The molecular formula is C11H12N6OS. The molecule has 0 amide bonds. The molecule has 0 aromatic carbocycles. The molecule has 0 spiro atoms. The molecular weight excluding hydrogens is 264 g/mol. The monoisotopic (exact) mass is 276 g/mol. The predicted molar refractivity (Wildman–Crippen MR) is 72.5 cm³/mol. The van der Waals surface area contributed by atoms with Crippen LogP contribution in [0.1, 0.15) is 4.88 Å². The molecule has 3 aromatic heterocycles. The third-order valence-corrected chi connectivity index (χ3v) is 3.46. The van der Waals surface area contributed by atoms with E-state index in [-0.39, 0.29) is 0 Å². The summed E-state index contributed by atoms with van der Waals surface area (Å²) in [6.07, 6.45) is 3.13. The molecule has 7 nitrogen and oxygen atoms in total. The van der Waals surface area contributed by atoms with E-state index >= 15 is 0 Å². The Labute approximate surface area is 113 Å². The molecule has 0 bridgehead atoms. The van der Waals surface area contributed by atoms with Gasteiger partial charge in [-0.1, -0.05) is 0 Å². The van der Waals surface area contributed by atoms with E-state index in [1.54, 1.807) is 13.4 Å². The number of fused-ring (bicyclic) bond motifs is 1. The van der Waals surface area contributed by atoms with Gasteiger partial charge in [0.2, 0.25) is 5.88 Å². The molecule has 0 atom stereocenters. The van der Waals surface area contributed by atoms with Gasteiger partial charge in [-0.25, -0.2) is 15.0 Å². The van der Waals surface area contributed by atoms with Gasteiger partial charge in [-0.15, -0.1) is 0 Å². The van der Waals surface area contributed by atoms with Gasteiger partial charge in [0.25, 0.3) is 0 Å². The SMILES string of the molecule is COc1cc(CN(C)c2ncnc3nc[nH]c23)sn1. The maximum absolute atomic E-state index is 5.08. The number of hydrogen-bond donors (Lipinski definition) is 1. The number of imidazole rings is 1. The van der Waals surface area contributed by atoms with Crippen LogP contribution in [0.4, 0.5) is 5.82 Å². The van der Waals surface area contributed by atoms with Gasteiger partial charge in [0.15, 0.2) is 11.5 Å². The first-order valence-electron chi connectivity index (χ1n) is 5.62. The largest absolute Gasteiger partial charge is 0.480 e. The summed E-state index contributed by atoms with van der Waals surface area (Å²) >= 11 is 1.42. The van der Waals surface area contributed by atoms with Crippen LogP contribution in [-0.2, 0) is 6.54 Å². The fourth-order valence-electron chi connectivity index (χ4n) is 1.82. The Kier molecular flexibility index (Phi) is 3.00. The summed E-state index contributed by atoms with van der Waals surface area (Å²) in [6.45, 7) is 0.701. The number of nitrogens with zero attached hydrogens (tertiary/aromatic N) is 5. The van der Waals surface area contributed by atoms with E-state index in [1.807, 2.05) is 18.0 Å². The number of nitrogens with one attached hydrogen (secondary N) is 1. The lowest BCUT2D eigenvalue weighted by molar-refractivity contribution is 0.402. The first kappa shape index (κ1) is 11.8. The van der Waals surface area contributed by atoms with Crippen molar-refractivity contribution in [2.24, 2.45) is 0 Å². The number of aromatic nitrogens is 5. The van der Waals surface area contributed by atoms with Gasteiger partial charge >= 0.3 is 0 Å². The summed E-state index contributed by atoms with van der Waals surface area (Å²) in [4.78, 5) is 18.7. The van der Waals surface area contributed by atoms with Crippen molar-refractivity contribution in [3.63, 3.8) is 0 Å². The molecule has 3 rings (SSSR count). The molecule has 8 heteroatoms. The zero-order valence-electron chi connectivity index (χ0n) is 10.5. The van der Waals surface area contributed by atoms with E-state index in [1.165, 1.54) is 17.9 Å². The highest BCUT2D eigenvalue weighted by Gasteiger charge is 2.12. The molecule has 0 unspecified atom stereocenters. The van der Waals surface area contributed by atoms with E-state index in [0.29, 0.717) is 18.1 Å². The van der Waals surface area contributed by atoms with E-state index in [0.717, 1.165) is 16.2 Å². The van der Waals surface area contributed by atoms with E-state index < -0.39 is 0 Å². The fourth-order valence-corrected chi connectivity index (χ4v) is 2.55. The van der Waals surface area contributed by atoms with Gasteiger partial charge in [0, 0.05) is 18.0 Å². The number of rotatable bonds is 4. The number of ether oxygens (including phenoxy) is 1. The van der Waals surface area contributed by atoms with Crippen LogP contribution in [0, 0.1) is 0 Å². The lowest BCUT2D eigenvalue weighted by atomic mass is 10.4. The van der Waals surface area contributed by atoms with Gasteiger partial charge in [-0.3, -0.25) is 0 Å². The van der Waals surface area contributed by atoms with Crippen molar-refractivity contribution in [1.82, 2.24) is 24.3 Å². The molecule has 98 valence electrons. The molecule has 0 aliphatic heterocycles. The second-order valence-corrected chi connectivity index (χ2v) is 4.88. The van der Waals surface area contributed by atoms with Crippen molar-refractivity contribution in [3.8, 4) is 5.88 Å². The number of anilines is 1. The Bertz CT molecular complexity index is 693. The molecule has 0 aliphatic rings. The van der Waals surface area contributed by atoms with Crippen LogP contribution in [-0.4, -0.2) is 38.5 Å². The van der Waals surface area contributed by atoms with E-state index in [9.17, 15) is 0 Å². The quantitative estimate of drug-likeness (QED) is 0.777. The molecule has 0 saturated carbocycles. The molecule has 3 aromatic rings. The normalized spacial score (nSPS) is 10.8. The zero-order chi connectivity index (χ0) is 13.2. The Hall–Kier alpha value is -2.22. The number of methoxy groups -OCH3 is 1. The van der Waals surface area contributed by atoms with Crippen LogP contribution in [0.15, 0.2) is 18.7 Å². The third-order valence-electron chi connectivity index (χ3n) is 2.70. The van der Waals surface area contributed by atoms with Crippen LogP contribution < -0.4 is 9.64 Å². The van der Waals surface area contributed by atoms with Crippen LogP contribution in [0.5, 0.6) is 5.88 Å². The minimum Gasteiger partial charge on any atom is -0.480 e. The molecule has 3 heterocycles. The maximum Gasteiger partial charge on any atom is 0.225 e. The van der Waals surface area contributed by atoms with E-state index in [2.05, 4.69) is 24.3 Å². The van der Waals surface area contributed by atoms with Crippen molar-refractivity contribution < 1.29 is 4.74 Å². The summed E-state index contributed by atoms with van der Waals surface area (Å²) in [5.41, 5.74) is 1.50. The lowest BCUT2D eigenvalue weighted by Gasteiger charge is -2.16. The van der Waals surface area contributed by atoms with Crippen molar-refractivity contribution in [3.05, 3.63) is 23.6 Å². The van der Waals surface area contributed by atoms with Gasteiger partial charge in [-0.05, 0) is 11.5 Å². The van der Waals surface area contributed by atoms with Crippen molar-refractivity contribution in [2.75, 3.05) is 19.1 Å². The standard InChI is InChI=1S/C11H12N6OS/c1-17(4-7-3-8(18-2)16-19-7)11-9-10(13-5-12-9)14-6-15-11/h3,5-6H,4H2,1-2H3,(H,12,13,14,15). The van der Waals surface area contributed by atoms with Gasteiger partial charge in [-0.2, -0.15) is 4.37 Å². The van der Waals surface area contributed by atoms with Crippen LogP contribution in [0.3, 0.4) is 0 Å². The fraction of sp³-hybridized carbons (Fsp3) is 0.273. The van der Waals surface area contributed by atoms with Crippen molar-refractivity contribution in [1.29, 1.82) is 0 Å². The van der Waals surface area contributed by atoms with Gasteiger partial charge in [0.05, 0.1) is 20.0 Å². The Morgan fingerprint density at radius 2 is 2.26 bits per heavy atom. The van der Waals surface area contributed by atoms with Gasteiger partial charge in [0.1, 0.15) is 11.8 Å². The average molecular weight is 276 g/mol. The second-order valence-electron chi connectivity index (χ2n) is 3.99. The average Bonchev–Trinajstić information content (AvgIpc) is 3.05. The molecule has 0 saturated heterocycles. The minimum absolute atomic E-state index is 0.641. The molecule has 19 heavy (non-hydrogen) atoms. The Morgan fingerprint density at radius 1 is 1.37 bits per heavy atom. The summed E-state index contributed by atoms with van der Waals surface area (Å²) in [7, 11) is 3.58. The highest BCUT2D eigenvalue weighted by Crippen LogP contribution is 2.23. The first-order chi connectivity index (χ1) is 9.28. The smallest absolute Gasteiger partial charge is 0.225 e. The van der Waals surface area contributed by atoms with Crippen molar-refractivity contribution >= 4 is 28.5 Å². The number of H-pyrrole nitrogens is 1. The summed E-state index contributed by atoms with van der Waals surface area (Å²) in [5.74, 6) is 1.46. The minimum atomic E-state index is 0.641. The molecule has 0 radical (unpaired) electrons. The van der Waals surface area contributed by atoms with E-state index in [4.69, 9.17) is 4.74 Å². The topological polar surface area (TPSA) is 79.8 Å². The number of aromatic amines is 1. The third kappa shape index (κ3) is 2.22. The Morgan fingerprint density at radius 3 is 3.05 bits per heavy atom. The molecule has 0 aliphatic carbocycles. The van der Waals surface area contributed by atoms with Gasteiger partial charge < -0.3 is 14.6 Å². The summed E-state index contributed by atoms with van der Waals surface area (Å²) in [6, 6.07) is 1.92. The number of hydrogen-bond acceptors (Lipinski definition) is 7. The molecule has 0 fully saturated rings. The highest BCUT2D eigenvalue weighted by atomic mass is 32.1. The first-order valence-corrected chi connectivity index (χ1v) is 6.40. The zero-order valence-corrected chi connectivity index (χ0v) is 11.3. The second kappa shape index (κ2) is 4.81. The summed E-state index contributed by atoms with van der Waals surface area (Å²) < 4.78 is 9.25. The highest BCUT2D eigenvalue weighted by molar-refractivity contribution is 7.05. The van der Waals surface area contributed by atoms with Crippen LogP contribution in [0.2, 0.25) is 0 Å². The predicted octanol–water partition coefficient (Wildman–Crippen LogP) is 1.45. The Balaban J connectivity index is 1.87. The summed E-state index contributed by atoms with van der Waals surface area (Å²) in [5, 5.41) is 0. The van der Waals surface area contributed by atoms with Crippen molar-refractivity contribution in [2.45, 2.75) is 6.54 Å². The molecule has 1 N–H and O–H groups in total.